The first-order valence-corrected chi connectivity index (χ1v) is 8.42. The third kappa shape index (κ3) is 3.70. The molecule has 126 valence electrons. The SMILES string of the molecule is CC(=Cc1ccco1)C=C1SC(=S)N(c2cccc([N+](=O)[O-])c2)C1=O. The highest BCUT2D eigenvalue weighted by atomic mass is 32.2. The number of benzene rings is 1. The molecule has 8 heteroatoms. The zero-order chi connectivity index (χ0) is 18.0. The smallest absolute Gasteiger partial charge is 0.271 e. The molecule has 0 bridgehead atoms. The van der Waals surface area contributed by atoms with Crippen molar-refractivity contribution in [1.82, 2.24) is 0 Å². The predicted molar refractivity (Wildman–Crippen MR) is 101 cm³/mol. The molecule has 1 aromatic heterocycles. The fraction of sp³-hybridized carbons (Fsp3) is 0.0588. The number of furan rings is 1. The average Bonchev–Trinajstić information content (AvgIpc) is 3.16. The highest BCUT2D eigenvalue weighted by Crippen LogP contribution is 2.36. The van der Waals surface area contributed by atoms with Crippen LogP contribution < -0.4 is 4.90 Å². The minimum atomic E-state index is -0.507. The Bertz CT molecular complexity index is 916. The van der Waals surface area contributed by atoms with Gasteiger partial charge in [-0.05, 0) is 42.8 Å². The van der Waals surface area contributed by atoms with E-state index in [0.29, 0.717) is 20.7 Å². The first kappa shape index (κ1) is 17.1. The number of non-ortho nitro benzene ring substituents is 1. The number of hydrogen-bond donors (Lipinski definition) is 0. The quantitative estimate of drug-likeness (QED) is 0.339. The van der Waals surface area contributed by atoms with E-state index in [9.17, 15) is 14.9 Å². The maximum Gasteiger partial charge on any atom is 0.271 e. The summed E-state index contributed by atoms with van der Waals surface area (Å²) >= 11 is 6.43. The first-order valence-electron chi connectivity index (χ1n) is 7.20. The second-order valence-electron chi connectivity index (χ2n) is 5.20. The monoisotopic (exact) mass is 372 g/mol. The van der Waals surface area contributed by atoms with Crippen LogP contribution in [0.3, 0.4) is 0 Å². The number of carbonyl (C=O) groups is 1. The van der Waals surface area contributed by atoms with Crippen molar-refractivity contribution in [3.8, 4) is 0 Å². The number of thiocarbonyl (C=S) groups is 1. The van der Waals surface area contributed by atoms with Gasteiger partial charge in [0.05, 0.1) is 21.8 Å². The summed E-state index contributed by atoms with van der Waals surface area (Å²) in [4.78, 5) is 24.8. The van der Waals surface area contributed by atoms with Crippen LogP contribution in [-0.2, 0) is 4.79 Å². The molecule has 2 heterocycles. The van der Waals surface area contributed by atoms with Crippen molar-refractivity contribution in [3.05, 3.63) is 75.1 Å². The third-order valence-corrected chi connectivity index (χ3v) is 4.67. The molecule has 1 aliphatic rings. The van der Waals surface area contributed by atoms with Crippen molar-refractivity contribution in [1.29, 1.82) is 0 Å². The molecule has 1 amide bonds. The molecule has 6 nitrogen and oxygen atoms in total. The van der Waals surface area contributed by atoms with Gasteiger partial charge in [0.25, 0.3) is 11.6 Å². The van der Waals surface area contributed by atoms with E-state index in [2.05, 4.69) is 0 Å². The zero-order valence-electron chi connectivity index (χ0n) is 13.0. The Kier molecular flexibility index (Phi) is 4.82. The van der Waals surface area contributed by atoms with Crippen LogP contribution in [0.15, 0.2) is 63.6 Å². The van der Waals surface area contributed by atoms with Crippen LogP contribution in [0.4, 0.5) is 11.4 Å². The Hall–Kier alpha value is -2.71. The molecule has 25 heavy (non-hydrogen) atoms. The minimum absolute atomic E-state index is 0.0931. The van der Waals surface area contributed by atoms with E-state index in [-0.39, 0.29) is 11.6 Å². The lowest BCUT2D eigenvalue weighted by Gasteiger charge is -2.13. The van der Waals surface area contributed by atoms with Gasteiger partial charge in [0.1, 0.15) is 5.76 Å². The molecule has 1 fully saturated rings. The van der Waals surface area contributed by atoms with E-state index in [4.69, 9.17) is 16.6 Å². The van der Waals surface area contributed by atoms with E-state index in [1.54, 1.807) is 30.5 Å². The molecule has 1 aliphatic heterocycles. The minimum Gasteiger partial charge on any atom is -0.465 e. The molecule has 0 atom stereocenters. The molecule has 2 aromatic rings. The second kappa shape index (κ2) is 7.04. The van der Waals surface area contributed by atoms with Gasteiger partial charge in [0.2, 0.25) is 0 Å². The molecule has 0 radical (unpaired) electrons. The second-order valence-corrected chi connectivity index (χ2v) is 6.87. The van der Waals surface area contributed by atoms with E-state index in [1.165, 1.54) is 23.1 Å². The molecule has 0 saturated carbocycles. The van der Waals surface area contributed by atoms with E-state index in [1.807, 2.05) is 13.0 Å². The first-order chi connectivity index (χ1) is 12.0. The molecular weight excluding hydrogens is 360 g/mol. The lowest BCUT2D eigenvalue weighted by molar-refractivity contribution is -0.384. The van der Waals surface area contributed by atoms with Crippen molar-refractivity contribution < 1.29 is 14.1 Å². The lowest BCUT2D eigenvalue weighted by atomic mass is 10.2. The van der Waals surface area contributed by atoms with Crippen molar-refractivity contribution in [3.63, 3.8) is 0 Å². The van der Waals surface area contributed by atoms with Crippen LogP contribution in [-0.4, -0.2) is 15.2 Å². The van der Waals surface area contributed by atoms with Crippen molar-refractivity contribution in [2.75, 3.05) is 4.90 Å². The number of anilines is 1. The number of allylic oxidation sites excluding steroid dienone is 2. The Morgan fingerprint density at radius 3 is 2.84 bits per heavy atom. The van der Waals surface area contributed by atoms with Crippen molar-refractivity contribution in [2.45, 2.75) is 6.92 Å². The predicted octanol–water partition coefficient (Wildman–Crippen LogP) is 4.54. The van der Waals surface area contributed by atoms with Crippen LogP contribution in [0.5, 0.6) is 0 Å². The van der Waals surface area contributed by atoms with Crippen molar-refractivity contribution in [2.24, 2.45) is 0 Å². The molecule has 1 aromatic carbocycles. The summed E-state index contributed by atoms with van der Waals surface area (Å²) in [6.45, 7) is 1.85. The Balaban J connectivity index is 1.89. The summed E-state index contributed by atoms with van der Waals surface area (Å²) in [6.07, 6.45) is 5.10. The van der Waals surface area contributed by atoms with Crippen molar-refractivity contribution >= 4 is 51.7 Å². The molecule has 0 N–H and O–H groups in total. The van der Waals surface area contributed by atoms with Gasteiger partial charge in [0.15, 0.2) is 4.32 Å². The van der Waals surface area contributed by atoms with Gasteiger partial charge in [-0.1, -0.05) is 30.0 Å². The highest BCUT2D eigenvalue weighted by molar-refractivity contribution is 8.27. The molecule has 1 saturated heterocycles. The van der Waals surface area contributed by atoms with E-state index in [0.717, 1.165) is 17.3 Å². The molecule has 0 aliphatic carbocycles. The molecule has 0 spiro atoms. The van der Waals surface area contributed by atoms with Crippen LogP contribution in [0.2, 0.25) is 0 Å². The normalized spacial score (nSPS) is 16.8. The standard InChI is InChI=1S/C17H12N2O4S2/c1-11(8-14-6-3-7-23-14)9-15-16(20)18(17(24)25-15)12-4-2-5-13(10-12)19(21)22/h2-10H,1H3. The average molecular weight is 372 g/mol. The number of nitro benzene ring substituents is 1. The Labute approximate surface area is 153 Å². The van der Waals surface area contributed by atoms with Crippen LogP contribution in [0, 0.1) is 10.1 Å². The zero-order valence-corrected chi connectivity index (χ0v) is 14.7. The van der Waals surface area contributed by atoms with Crippen LogP contribution >= 0.6 is 24.0 Å². The van der Waals surface area contributed by atoms with Crippen LogP contribution in [0.1, 0.15) is 12.7 Å². The van der Waals surface area contributed by atoms with Gasteiger partial charge in [-0.25, -0.2) is 0 Å². The van der Waals surface area contributed by atoms with Gasteiger partial charge >= 0.3 is 0 Å². The summed E-state index contributed by atoms with van der Waals surface area (Å²) in [6, 6.07) is 9.43. The number of thioether (sulfide) groups is 1. The lowest BCUT2D eigenvalue weighted by Crippen LogP contribution is -2.27. The highest BCUT2D eigenvalue weighted by Gasteiger charge is 2.33. The molecule has 0 unspecified atom stereocenters. The topological polar surface area (TPSA) is 76.6 Å². The number of hydrogen-bond acceptors (Lipinski definition) is 6. The van der Waals surface area contributed by atoms with Crippen LogP contribution in [0.25, 0.3) is 6.08 Å². The fourth-order valence-electron chi connectivity index (χ4n) is 2.28. The largest absolute Gasteiger partial charge is 0.465 e. The number of rotatable bonds is 4. The maximum absolute atomic E-state index is 12.7. The number of nitro groups is 1. The Morgan fingerprint density at radius 2 is 2.16 bits per heavy atom. The number of amides is 1. The third-order valence-electron chi connectivity index (χ3n) is 3.36. The summed E-state index contributed by atoms with van der Waals surface area (Å²) < 4.78 is 5.58. The number of nitrogens with zero attached hydrogens (tertiary/aromatic N) is 2. The maximum atomic E-state index is 12.7. The summed E-state index contributed by atoms with van der Waals surface area (Å²) in [5.41, 5.74) is 1.12. The van der Waals surface area contributed by atoms with E-state index < -0.39 is 4.92 Å². The van der Waals surface area contributed by atoms with Gasteiger partial charge in [-0.15, -0.1) is 0 Å². The summed E-state index contributed by atoms with van der Waals surface area (Å²) in [5.74, 6) is 0.380. The van der Waals surface area contributed by atoms with Gasteiger partial charge in [-0.3, -0.25) is 19.8 Å². The number of carbonyl (C=O) groups excluding carboxylic acids is 1. The van der Waals surface area contributed by atoms with Gasteiger partial charge < -0.3 is 4.42 Å². The Morgan fingerprint density at radius 1 is 1.36 bits per heavy atom. The van der Waals surface area contributed by atoms with Gasteiger partial charge in [0, 0.05) is 12.1 Å². The van der Waals surface area contributed by atoms with E-state index >= 15 is 0 Å². The van der Waals surface area contributed by atoms with Gasteiger partial charge in [-0.2, -0.15) is 0 Å². The summed E-state index contributed by atoms with van der Waals surface area (Å²) in [5, 5.41) is 10.9. The summed E-state index contributed by atoms with van der Waals surface area (Å²) in [7, 11) is 0. The molecule has 3 rings (SSSR count). The fourth-order valence-corrected chi connectivity index (χ4v) is 3.63. The molecular formula is C17H12N2O4S2.